The smallest absolute Gasteiger partial charge is 0.326 e. The summed E-state index contributed by atoms with van der Waals surface area (Å²) in [6.07, 6.45) is 1.12. The quantitative estimate of drug-likeness (QED) is 0.893. The summed E-state index contributed by atoms with van der Waals surface area (Å²) in [6.45, 7) is 3.81. The van der Waals surface area contributed by atoms with E-state index in [4.69, 9.17) is 4.74 Å². The van der Waals surface area contributed by atoms with Gasteiger partial charge in [0.15, 0.2) is 0 Å². The van der Waals surface area contributed by atoms with Crippen molar-refractivity contribution in [1.29, 1.82) is 0 Å². The molecule has 112 valence electrons. The third-order valence-electron chi connectivity index (χ3n) is 3.87. The van der Waals surface area contributed by atoms with E-state index >= 15 is 0 Å². The lowest BCUT2D eigenvalue weighted by Crippen LogP contribution is -2.62. The van der Waals surface area contributed by atoms with Crippen LogP contribution in [0.15, 0.2) is 29.3 Å². The molecule has 1 fully saturated rings. The van der Waals surface area contributed by atoms with Crippen LogP contribution in [0.5, 0.6) is 5.75 Å². The van der Waals surface area contributed by atoms with Crippen molar-refractivity contribution >= 4 is 23.5 Å². The summed E-state index contributed by atoms with van der Waals surface area (Å²) < 4.78 is 5.09. The van der Waals surface area contributed by atoms with E-state index in [2.05, 4.69) is 15.6 Å². The molecule has 0 aliphatic carbocycles. The molecule has 3 amide bonds. The van der Waals surface area contributed by atoms with Gasteiger partial charge < -0.3 is 4.74 Å². The van der Waals surface area contributed by atoms with E-state index in [0.717, 1.165) is 5.75 Å². The number of carbonyl (C=O) groups excluding carboxylic acids is 2. The van der Waals surface area contributed by atoms with E-state index in [1.807, 2.05) is 13.8 Å². The van der Waals surface area contributed by atoms with E-state index in [0.29, 0.717) is 24.4 Å². The van der Waals surface area contributed by atoms with Gasteiger partial charge in [-0.2, -0.15) is 0 Å². The molecule has 0 atom stereocenters. The monoisotopic (exact) mass is 289 g/mol. The number of imide groups is 1. The number of amidine groups is 1. The van der Waals surface area contributed by atoms with Crippen molar-refractivity contribution in [1.82, 2.24) is 10.6 Å². The number of methoxy groups -OCH3 is 1. The van der Waals surface area contributed by atoms with Gasteiger partial charge in [0, 0.05) is 0 Å². The Morgan fingerprint density at radius 3 is 2.24 bits per heavy atom. The van der Waals surface area contributed by atoms with Gasteiger partial charge in [-0.1, -0.05) is 13.8 Å². The van der Waals surface area contributed by atoms with Gasteiger partial charge in [0.1, 0.15) is 17.0 Å². The minimum atomic E-state index is -0.798. The maximum absolute atomic E-state index is 12.2. The molecule has 0 saturated carbocycles. The maximum atomic E-state index is 12.2. The Labute approximate surface area is 123 Å². The summed E-state index contributed by atoms with van der Waals surface area (Å²) in [5.74, 6) is 0.816. The Bertz CT molecular complexity index is 574. The van der Waals surface area contributed by atoms with Crippen LogP contribution in [0, 0.1) is 5.41 Å². The fourth-order valence-electron chi connectivity index (χ4n) is 2.42. The number of carbonyl (C=O) groups is 2. The molecule has 1 saturated heterocycles. The second-order valence-corrected chi connectivity index (χ2v) is 4.86. The standard InChI is InChI=1S/C15H19N3O3/c1-4-15(5-2)12(17-14(20)18-13(15)19)16-10-6-8-11(21-3)9-7-10/h6-9H,4-5H2,1-3H3,(H2,16,17,18,19,20). The second kappa shape index (κ2) is 5.95. The van der Waals surface area contributed by atoms with Gasteiger partial charge >= 0.3 is 6.03 Å². The van der Waals surface area contributed by atoms with Crippen molar-refractivity contribution in [2.24, 2.45) is 10.4 Å². The summed E-state index contributed by atoms with van der Waals surface area (Å²) in [5, 5.41) is 4.98. The lowest BCUT2D eigenvalue weighted by Gasteiger charge is -2.35. The minimum absolute atomic E-state index is 0.302. The van der Waals surface area contributed by atoms with Crippen LogP contribution in [0.3, 0.4) is 0 Å². The molecule has 0 spiro atoms. The highest BCUT2D eigenvalue weighted by Gasteiger charge is 2.45. The fourth-order valence-corrected chi connectivity index (χ4v) is 2.42. The number of aliphatic imine (C=N–C) groups is 1. The summed E-state index contributed by atoms with van der Waals surface area (Å²) >= 11 is 0. The largest absolute Gasteiger partial charge is 0.497 e. The van der Waals surface area contributed by atoms with Gasteiger partial charge in [-0.25, -0.2) is 9.79 Å². The SMILES string of the molecule is CCC1(CC)C(=O)NC(=O)NC1=Nc1ccc(OC)cc1. The molecule has 0 unspecified atom stereocenters. The van der Waals surface area contributed by atoms with E-state index in [9.17, 15) is 9.59 Å². The molecule has 0 aromatic heterocycles. The summed E-state index contributed by atoms with van der Waals surface area (Å²) in [7, 11) is 1.59. The number of benzene rings is 1. The molecular formula is C15H19N3O3. The molecule has 2 N–H and O–H groups in total. The number of nitrogens with one attached hydrogen (secondary N) is 2. The average Bonchev–Trinajstić information content (AvgIpc) is 2.49. The molecule has 1 aliphatic rings. The first-order valence-corrected chi connectivity index (χ1v) is 6.91. The van der Waals surface area contributed by atoms with E-state index in [-0.39, 0.29) is 5.91 Å². The van der Waals surface area contributed by atoms with E-state index < -0.39 is 11.4 Å². The summed E-state index contributed by atoms with van der Waals surface area (Å²) in [4.78, 5) is 28.2. The predicted molar refractivity (Wildman–Crippen MR) is 79.8 cm³/mol. The Balaban J connectivity index is 2.42. The highest BCUT2D eigenvalue weighted by Crippen LogP contribution is 2.31. The van der Waals surface area contributed by atoms with Gasteiger partial charge in [-0.15, -0.1) is 0 Å². The van der Waals surface area contributed by atoms with E-state index in [1.165, 1.54) is 0 Å². The number of rotatable bonds is 4. The molecular weight excluding hydrogens is 270 g/mol. The second-order valence-electron chi connectivity index (χ2n) is 4.86. The van der Waals surface area contributed by atoms with Crippen LogP contribution in [0.2, 0.25) is 0 Å². The van der Waals surface area contributed by atoms with Crippen molar-refractivity contribution in [3.63, 3.8) is 0 Å². The van der Waals surface area contributed by atoms with Crippen LogP contribution >= 0.6 is 0 Å². The van der Waals surface area contributed by atoms with Gasteiger partial charge in [-0.05, 0) is 37.1 Å². The normalized spacial score (nSPS) is 19.1. The average molecular weight is 289 g/mol. The Morgan fingerprint density at radius 2 is 1.71 bits per heavy atom. The molecule has 1 heterocycles. The van der Waals surface area contributed by atoms with Crippen LogP contribution in [0.1, 0.15) is 26.7 Å². The molecule has 0 radical (unpaired) electrons. The zero-order valence-electron chi connectivity index (χ0n) is 12.4. The van der Waals surface area contributed by atoms with E-state index in [1.54, 1.807) is 31.4 Å². The van der Waals surface area contributed by atoms with Gasteiger partial charge in [-0.3, -0.25) is 15.4 Å². The number of ether oxygens (including phenoxy) is 1. The zero-order chi connectivity index (χ0) is 15.5. The highest BCUT2D eigenvalue weighted by molar-refractivity contribution is 6.21. The predicted octanol–water partition coefficient (Wildman–Crippen LogP) is 2.37. The van der Waals surface area contributed by atoms with Crippen molar-refractivity contribution in [3.05, 3.63) is 24.3 Å². The van der Waals surface area contributed by atoms with Gasteiger partial charge in [0.05, 0.1) is 12.8 Å². The number of urea groups is 1. The number of hydrogen-bond acceptors (Lipinski definition) is 4. The molecule has 1 aromatic rings. The van der Waals surface area contributed by atoms with Gasteiger partial charge in [0.25, 0.3) is 0 Å². The van der Waals surface area contributed by atoms with Crippen LogP contribution in [-0.2, 0) is 4.79 Å². The molecule has 6 heteroatoms. The topological polar surface area (TPSA) is 79.8 Å². The lowest BCUT2D eigenvalue weighted by atomic mass is 9.78. The number of nitrogens with zero attached hydrogens (tertiary/aromatic N) is 1. The fraction of sp³-hybridized carbons (Fsp3) is 0.400. The molecule has 1 aromatic carbocycles. The molecule has 6 nitrogen and oxygen atoms in total. The third kappa shape index (κ3) is 2.74. The number of hydrogen-bond donors (Lipinski definition) is 2. The van der Waals surface area contributed by atoms with Crippen molar-refractivity contribution in [3.8, 4) is 5.75 Å². The first-order chi connectivity index (χ1) is 10.1. The third-order valence-corrected chi connectivity index (χ3v) is 3.87. The maximum Gasteiger partial charge on any atom is 0.326 e. The zero-order valence-corrected chi connectivity index (χ0v) is 12.4. The van der Waals surface area contributed by atoms with Crippen molar-refractivity contribution < 1.29 is 14.3 Å². The first kappa shape index (κ1) is 15.0. The van der Waals surface area contributed by atoms with Crippen LogP contribution in [0.25, 0.3) is 0 Å². The first-order valence-electron chi connectivity index (χ1n) is 6.91. The van der Waals surface area contributed by atoms with Gasteiger partial charge in [0.2, 0.25) is 5.91 Å². The Hall–Kier alpha value is -2.37. The molecule has 1 aliphatic heterocycles. The van der Waals surface area contributed by atoms with Crippen LogP contribution in [-0.4, -0.2) is 24.9 Å². The van der Waals surface area contributed by atoms with Crippen LogP contribution in [0.4, 0.5) is 10.5 Å². The summed E-state index contributed by atoms with van der Waals surface area (Å²) in [5.41, 5.74) is -0.138. The summed E-state index contributed by atoms with van der Waals surface area (Å²) in [6, 6.07) is 6.58. The number of amides is 3. The molecule has 0 bridgehead atoms. The van der Waals surface area contributed by atoms with Crippen molar-refractivity contribution in [2.45, 2.75) is 26.7 Å². The van der Waals surface area contributed by atoms with Crippen molar-refractivity contribution in [2.75, 3.05) is 7.11 Å². The molecule has 2 rings (SSSR count). The Kier molecular flexibility index (Phi) is 4.26. The molecule has 21 heavy (non-hydrogen) atoms. The highest BCUT2D eigenvalue weighted by atomic mass is 16.5. The minimum Gasteiger partial charge on any atom is -0.497 e. The Morgan fingerprint density at radius 1 is 1.10 bits per heavy atom. The van der Waals surface area contributed by atoms with Crippen LogP contribution < -0.4 is 15.4 Å². The lowest BCUT2D eigenvalue weighted by molar-refractivity contribution is -0.127.